The minimum absolute atomic E-state index is 0.0225. The lowest BCUT2D eigenvalue weighted by atomic mass is 9.79. The molecule has 1 aromatic carbocycles. The number of benzene rings is 1. The molecule has 1 saturated carbocycles. The molecule has 0 bridgehead atoms. The molecule has 1 atom stereocenters. The number of methoxy groups -OCH3 is 1. The maximum Gasteiger partial charge on any atom is 0.124 e. The highest BCUT2D eigenvalue weighted by atomic mass is 16.5. The maximum absolute atomic E-state index is 10.5. The molecule has 1 N–H and O–H groups in total. The van der Waals surface area contributed by atoms with Crippen LogP contribution < -0.4 is 4.74 Å². The summed E-state index contributed by atoms with van der Waals surface area (Å²) in [5.74, 6) is 0.795. The van der Waals surface area contributed by atoms with Gasteiger partial charge in [0.15, 0.2) is 0 Å². The van der Waals surface area contributed by atoms with Gasteiger partial charge in [0, 0.05) is 5.56 Å². The monoisotopic (exact) mass is 220 g/mol. The number of rotatable bonds is 3. The van der Waals surface area contributed by atoms with E-state index in [4.69, 9.17) is 4.74 Å². The van der Waals surface area contributed by atoms with E-state index in [0.717, 1.165) is 24.2 Å². The standard InChI is InChI=1S/C14H20O2/c1-14(9-5-6-10-14)13(15)11-7-3-4-8-12(11)16-2/h3-4,7-8,13,15H,5-6,9-10H2,1-2H3. The Morgan fingerprint density at radius 2 is 1.88 bits per heavy atom. The Kier molecular flexibility index (Phi) is 3.20. The van der Waals surface area contributed by atoms with E-state index in [1.165, 1.54) is 12.8 Å². The molecule has 16 heavy (non-hydrogen) atoms. The molecular weight excluding hydrogens is 200 g/mol. The van der Waals surface area contributed by atoms with E-state index in [2.05, 4.69) is 6.92 Å². The molecule has 1 aliphatic carbocycles. The van der Waals surface area contributed by atoms with Crippen molar-refractivity contribution in [2.75, 3.05) is 7.11 Å². The van der Waals surface area contributed by atoms with Crippen LogP contribution in [0.5, 0.6) is 5.75 Å². The Hall–Kier alpha value is -1.02. The van der Waals surface area contributed by atoms with Crippen LogP contribution in [-0.4, -0.2) is 12.2 Å². The predicted molar refractivity (Wildman–Crippen MR) is 64.5 cm³/mol. The highest BCUT2D eigenvalue weighted by Gasteiger charge is 2.37. The number of ether oxygens (including phenoxy) is 1. The van der Waals surface area contributed by atoms with Crippen LogP contribution in [0.25, 0.3) is 0 Å². The van der Waals surface area contributed by atoms with Gasteiger partial charge in [0.05, 0.1) is 13.2 Å². The van der Waals surface area contributed by atoms with Crippen molar-refractivity contribution in [3.63, 3.8) is 0 Å². The van der Waals surface area contributed by atoms with Gasteiger partial charge in [-0.05, 0) is 24.3 Å². The highest BCUT2D eigenvalue weighted by molar-refractivity contribution is 5.36. The molecule has 1 unspecified atom stereocenters. The molecule has 88 valence electrons. The predicted octanol–water partition coefficient (Wildman–Crippen LogP) is 3.31. The van der Waals surface area contributed by atoms with E-state index >= 15 is 0 Å². The molecular formula is C14H20O2. The molecule has 0 spiro atoms. The van der Waals surface area contributed by atoms with Crippen molar-refractivity contribution in [3.8, 4) is 5.75 Å². The molecule has 2 heteroatoms. The van der Waals surface area contributed by atoms with Gasteiger partial charge in [0.1, 0.15) is 5.75 Å². The number of para-hydroxylation sites is 1. The van der Waals surface area contributed by atoms with E-state index in [1.54, 1.807) is 7.11 Å². The molecule has 0 aromatic heterocycles. The lowest BCUT2D eigenvalue weighted by Gasteiger charge is -2.31. The molecule has 0 aliphatic heterocycles. The maximum atomic E-state index is 10.5. The zero-order chi connectivity index (χ0) is 11.6. The van der Waals surface area contributed by atoms with Crippen LogP contribution in [0.3, 0.4) is 0 Å². The van der Waals surface area contributed by atoms with Gasteiger partial charge in [0.2, 0.25) is 0 Å². The normalized spacial score (nSPS) is 20.7. The van der Waals surface area contributed by atoms with Crippen LogP contribution in [0, 0.1) is 5.41 Å². The third kappa shape index (κ3) is 1.94. The number of aliphatic hydroxyl groups is 1. The van der Waals surface area contributed by atoms with Gasteiger partial charge < -0.3 is 9.84 Å². The lowest BCUT2D eigenvalue weighted by molar-refractivity contribution is 0.0389. The molecule has 0 heterocycles. The molecule has 1 aromatic rings. The minimum atomic E-state index is -0.411. The Morgan fingerprint density at radius 1 is 1.25 bits per heavy atom. The van der Waals surface area contributed by atoms with Gasteiger partial charge in [-0.2, -0.15) is 0 Å². The summed E-state index contributed by atoms with van der Waals surface area (Å²) in [6.45, 7) is 2.18. The second-order valence-electron chi connectivity index (χ2n) is 5.01. The first kappa shape index (κ1) is 11.5. The van der Waals surface area contributed by atoms with Gasteiger partial charge >= 0.3 is 0 Å². The Labute approximate surface area is 97.3 Å². The van der Waals surface area contributed by atoms with Gasteiger partial charge in [-0.15, -0.1) is 0 Å². The van der Waals surface area contributed by atoms with Crippen LogP contribution in [0.15, 0.2) is 24.3 Å². The van der Waals surface area contributed by atoms with E-state index < -0.39 is 6.10 Å². The third-order valence-corrected chi connectivity index (χ3v) is 3.84. The molecule has 1 aliphatic rings. The Bertz CT molecular complexity index is 354. The van der Waals surface area contributed by atoms with Gasteiger partial charge in [0.25, 0.3) is 0 Å². The third-order valence-electron chi connectivity index (χ3n) is 3.84. The molecule has 0 radical (unpaired) electrons. The van der Waals surface area contributed by atoms with Gasteiger partial charge in [-0.3, -0.25) is 0 Å². The number of hydrogen-bond donors (Lipinski definition) is 1. The summed E-state index contributed by atoms with van der Waals surface area (Å²) in [5, 5.41) is 10.5. The van der Waals surface area contributed by atoms with E-state index in [9.17, 15) is 5.11 Å². The minimum Gasteiger partial charge on any atom is -0.496 e. The molecule has 2 nitrogen and oxygen atoms in total. The fraction of sp³-hybridized carbons (Fsp3) is 0.571. The summed E-state index contributed by atoms with van der Waals surface area (Å²) in [4.78, 5) is 0. The second-order valence-corrected chi connectivity index (χ2v) is 5.01. The Morgan fingerprint density at radius 3 is 2.50 bits per heavy atom. The van der Waals surface area contributed by atoms with Crippen molar-refractivity contribution in [1.29, 1.82) is 0 Å². The zero-order valence-electron chi connectivity index (χ0n) is 10.1. The van der Waals surface area contributed by atoms with Crippen LogP contribution in [0.4, 0.5) is 0 Å². The summed E-state index contributed by atoms with van der Waals surface area (Å²) < 4.78 is 5.31. The summed E-state index contributed by atoms with van der Waals surface area (Å²) in [6.07, 6.45) is 4.25. The van der Waals surface area contributed by atoms with Crippen molar-refractivity contribution in [3.05, 3.63) is 29.8 Å². The largest absolute Gasteiger partial charge is 0.496 e. The smallest absolute Gasteiger partial charge is 0.124 e. The topological polar surface area (TPSA) is 29.5 Å². The van der Waals surface area contributed by atoms with Crippen molar-refractivity contribution in [2.45, 2.75) is 38.7 Å². The summed E-state index contributed by atoms with van der Waals surface area (Å²) in [6, 6.07) is 7.77. The van der Waals surface area contributed by atoms with Crippen molar-refractivity contribution >= 4 is 0 Å². The number of hydrogen-bond acceptors (Lipinski definition) is 2. The average Bonchev–Trinajstić information content (AvgIpc) is 2.76. The number of aliphatic hydroxyl groups excluding tert-OH is 1. The molecule has 0 amide bonds. The summed E-state index contributed by atoms with van der Waals surface area (Å²) in [5.41, 5.74) is 0.948. The van der Waals surface area contributed by atoms with E-state index in [-0.39, 0.29) is 5.41 Å². The molecule has 0 saturated heterocycles. The molecule has 2 rings (SSSR count). The first-order valence-electron chi connectivity index (χ1n) is 5.98. The van der Waals surface area contributed by atoms with Crippen LogP contribution >= 0.6 is 0 Å². The Balaban J connectivity index is 2.29. The van der Waals surface area contributed by atoms with Crippen molar-refractivity contribution < 1.29 is 9.84 Å². The summed E-state index contributed by atoms with van der Waals surface area (Å²) in [7, 11) is 1.66. The zero-order valence-corrected chi connectivity index (χ0v) is 10.1. The van der Waals surface area contributed by atoms with Gasteiger partial charge in [-0.1, -0.05) is 38.0 Å². The SMILES string of the molecule is COc1ccccc1C(O)C1(C)CCCC1. The summed E-state index contributed by atoms with van der Waals surface area (Å²) >= 11 is 0. The van der Waals surface area contributed by atoms with Crippen LogP contribution in [-0.2, 0) is 0 Å². The van der Waals surface area contributed by atoms with Crippen LogP contribution in [0.1, 0.15) is 44.3 Å². The fourth-order valence-electron chi connectivity index (χ4n) is 2.72. The quantitative estimate of drug-likeness (QED) is 0.846. The van der Waals surface area contributed by atoms with Crippen molar-refractivity contribution in [2.24, 2.45) is 5.41 Å². The average molecular weight is 220 g/mol. The molecule has 1 fully saturated rings. The lowest BCUT2D eigenvalue weighted by Crippen LogP contribution is -2.22. The first-order valence-corrected chi connectivity index (χ1v) is 5.98. The first-order chi connectivity index (χ1) is 7.67. The highest BCUT2D eigenvalue weighted by Crippen LogP contribution is 2.48. The second kappa shape index (κ2) is 4.46. The van der Waals surface area contributed by atoms with Gasteiger partial charge in [-0.25, -0.2) is 0 Å². The van der Waals surface area contributed by atoms with E-state index in [1.807, 2.05) is 24.3 Å². The van der Waals surface area contributed by atoms with Crippen LogP contribution in [0.2, 0.25) is 0 Å². The van der Waals surface area contributed by atoms with E-state index in [0.29, 0.717) is 0 Å². The van der Waals surface area contributed by atoms with Crippen molar-refractivity contribution in [1.82, 2.24) is 0 Å². The fourth-order valence-corrected chi connectivity index (χ4v) is 2.72.